The molecule has 2 aliphatic heterocycles. The molecule has 2 aromatic rings. The Morgan fingerprint density at radius 3 is 2.57 bits per heavy atom. The number of aromatic nitrogens is 1. The number of pyridine rings is 1. The first kappa shape index (κ1) is 27.5. The van der Waals surface area contributed by atoms with Crippen molar-refractivity contribution in [2.45, 2.75) is 63.4 Å². The van der Waals surface area contributed by atoms with Crippen molar-refractivity contribution in [3.8, 4) is 5.75 Å². The fourth-order valence-electron chi connectivity index (χ4n) is 5.14. The van der Waals surface area contributed by atoms with Crippen molar-refractivity contribution in [1.29, 1.82) is 0 Å². The number of ether oxygens (including phenoxy) is 1. The summed E-state index contributed by atoms with van der Waals surface area (Å²) in [5.74, 6) is 0.425. The molecule has 4 rings (SSSR count). The summed E-state index contributed by atoms with van der Waals surface area (Å²) < 4.78 is 36.1. The van der Waals surface area contributed by atoms with Crippen LogP contribution in [0.5, 0.6) is 5.75 Å². The lowest BCUT2D eigenvalue weighted by Gasteiger charge is -2.33. The molecule has 10 heteroatoms. The molecule has 0 unspecified atom stereocenters. The Kier molecular flexibility index (Phi) is 8.52. The second-order valence-electron chi connectivity index (χ2n) is 9.88. The van der Waals surface area contributed by atoms with E-state index in [-0.39, 0.29) is 36.1 Å². The van der Waals surface area contributed by atoms with E-state index in [1.165, 1.54) is 4.31 Å². The van der Waals surface area contributed by atoms with Crippen LogP contribution in [0, 0.1) is 5.92 Å². The highest BCUT2D eigenvalue weighted by Gasteiger charge is 2.33. The summed E-state index contributed by atoms with van der Waals surface area (Å²) in [6, 6.07) is 4.85. The molecule has 1 aromatic carbocycles. The maximum atomic E-state index is 13.6. The molecule has 3 heterocycles. The number of sulfonamides is 1. The van der Waals surface area contributed by atoms with Gasteiger partial charge in [-0.05, 0) is 55.4 Å². The molecule has 0 aliphatic carbocycles. The molecule has 0 saturated carbocycles. The third-order valence-electron chi connectivity index (χ3n) is 7.22. The van der Waals surface area contributed by atoms with Crippen molar-refractivity contribution >= 4 is 21.4 Å². The number of hydrogen-bond acceptors (Lipinski definition) is 7. The van der Waals surface area contributed by atoms with E-state index < -0.39 is 16.1 Å². The lowest BCUT2D eigenvalue weighted by molar-refractivity contribution is 0.0278. The molecule has 9 nitrogen and oxygen atoms in total. The number of nitrogens with zero attached hydrogens (tertiary/aromatic N) is 3. The van der Waals surface area contributed by atoms with Gasteiger partial charge < -0.3 is 19.5 Å². The minimum atomic E-state index is -3.79. The Labute approximate surface area is 218 Å². The SMILES string of the molecule is CCCOc1ccc(S(=O)(=O)N2CCC([C@@H](O)CO)CC2)cc1C1=Nc2c(CCC)cn(C)c(=O)c2C1. The Morgan fingerprint density at radius 2 is 1.92 bits per heavy atom. The number of aliphatic hydroxyl groups excluding tert-OH is 2. The minimum absolute atomic E-state index is 0.0960. The average molecular weight is 532 g/mol. The van der Waals surface area contributed by atoms with Gasteiger partial charge in [0.25, 0.3) is 5.56 Å². The zero-order valence-corrected chi connectivity index (χ0v) is 22.6. The van der Waals surface area contributed by atoms with E-state index in [1.807, 2.05) is 13.1 Å². The van der Waals surface area contributed by atoms with Crippen LogP contribution in [0.15, 0.2) is 39.1 Å². The summed E-state index contributed by atoms with van der Waals surface area (Å²) in [6.45, 7) is 4.78. The van der Waals surface area contributed by atoms with Gasteiger partial charge in [-0.15, -0.1) is 0 Å². The molecule has 1 atom stereocenters. The average Bonchev–Trinajstić information content (AvgIpc) is 3.36. The van der Waals surface area contributed by atoms with Crippen LogP contribution in [0.3, 0.4) is 0 Å². The summed E-state index contributed by atoms with van der Waals surface area (Å²) in [6.07, 6.45) is 4.79. The highest BCUT2D eigenvalue weighted by molar-refractivity contribution is 7.89. The summed E-state index contributed by atoms with van der Waals surface area (Å²) in [7, 11) is -2.05. The molecule has 0 amide bonds. The number of aliphatic hydroxyl groups is 2. The third kappa shape index (κ3) is 5.52. The predicted octanol–water partition coefficient (Wildman–Crippen LogP) is 2.56. The van der Waals surface area contributed by atoms with Crippen LogP contribution in [0.4, 0.5) is 5.69 Å². The van der Waals surface area contributed by atoms with Gasteiger partial charge in [0, 0.05) is 43.9 Å². The summed E-state index contributed by atoms with van der Waals surface area (Å²) in [5, 5.41) is 19.2. The van der Waals surface area contributed by atoms with Crippen LogP contribution in [0.1, 0.15) is 56.2 Å². The number of aryl methyl sites for hydroxylation is 2. The molecule has 1 aromatic heterocycles. The van der Waals surface area contributed by atoms with E-state index in [1.54, 1.807) is 29.8 Å². The lowest BCUT2D eigenvalue weighted by Crippen LogP contribution is -2.42. The van der Waals surface area contributed by atoms with Gasteiger partial charge in [0.05, 0.1) is 35.6 Å². The molecule has 2 aliphatic rings. The number of piperidine rings is 1. The maximum Gasteiger partial charge on any atom is 0.256 e. The smallest absolute Gasteiger partial charge is 0.256 e. The quantitative estimate of drug-likeness (QED) is 0.486. The Balaban J connectivity index is 1.70. The van der Waals surface area contributed by atoms with E-state index in [0.717, 1.165) is 24.8 Å². The minimum Gasteiger partial charge on any atom is -0.493 e. The predicted molar refractivity (Wildman–Crippen MR) is 142 cm³/mol. The third-order valence-corrected chi connectivity index (χ3v) is 9.11. The first-order chi connectivity index (χ1) is 17.7. The zero-order valence-electron chi connectivity index (χ0n) is 21.8. The van der Waals surface area contributed by atoms with Crippen molar-refractivity contribution in [3.63, 3.8) is 0 Å². The normalized spacial score (nSPS) is 17.5. The van der Waals surface area contributed by atoms with Gasteiger partial charge in [0.1, 0.15) is 5.75 Å². The summed E-state index contributed by atoms with van der Waals surface area (Å²) in [4.78, 5) is 17.9. The fourth-order valence-corrected chi connectivity index (χ4v) is 6.64. The van der Waals surface area contributed by atoms with Gasteiger partial charge >= 0.3 is 0 Å². The number of hydrogen-bond donors (Lipinski definition) is 2. The van der Waals surface area contributed by atoms with Crippen LogP contribution in [0.25, 0.3) is 0 Å². The first-order valence-electron chi connectivity index (χ1n) is 13.1. The van der Waals surface area contributed by atoms with E-state index in [4.69, 9.17) is 9.73 Å². The number of aliphatic imine (C=N–C) groups is 1. The van der Waals surface area contributed by atoms with Crippen molar-refractivity contribution in [3.05, 3.63) is 51.4 Å². The molecule has 37 heavy (non-hydrogen) atoms. The van der Waals surface area contributed by atoms with Gasteiger partial charge in [0.15, 0.2) is 0 Å². The van der Waals surface area contributed by atoms with E-state index in [0.29, 0.717) is 54.1 Å². The largest absolute Gasteiger partial charge is 0.493 e. The molecular formula is C27H37N3O6S. The molecule has 0 spiro atoms. The molecule has 1 saturated heterocycles. The van der Waals surface area contributed by atoms with Crippen LogP contribution in [-0.4, -0.2) is 65.6 Å². The number of rotatable bonds is 10. The standard InChI is InChI=1S/C27H37N3O6S/c1-4-6-19-16-29(3)27(33)22-15-23(28-26(19)22)21-14-20(7-8-25(21)36-13-5-2)37(34,35)30-11-9-18(10-12-30)24(32)17-31/h7-8,14,16,18,24,31-32H,4-6,9-13,15,17H2,1-3H3/t24-/m0/s1. The lowest BCUT2D eigenvalue weighted by atomic mass is 9.93. The second-order valence-corrected chi connectivity index (χ2v) is 11.8. The van der Waals surface area contributed by atoms with Gasteiger partial charge in [-0.1, -0.05) is 20.3 Å². The van der Waals surface area contributed by atoms with Crippen molar-refractivity contribution in [2.75, 3.05) is 26.3 Å². The van der Waals surface area contributed by atoms with Gasteiger partial charge in [-0.25, -0.2) is 8.42 Å². The van der Waals surface area contributed by atoms with E-state index in [2.05, 4.69) is 6.92 Å². The fraction of sp³-hybridized carbons (Fsp3) is 0.556. The van der Waals surface area contributed by atoms with Crippen LogP contribution >= 0.6 is 0 Å². The molecule has 1 fully saturated rings. The zero-order chi connectivity index (χ0) is 26.7. The Morgan fingerprint density at radius 1 is 1.19 bits per heavy atom. The van der Waals surface area contributed by atoms with E-state index in [9.17, 15) is 23.4 Å². The van der Waals surface area contributed by atoms with Crippen molar-refractivity contribution < 1.29 is 23.4 Å². The molecule has 2 N–H and O–H groups in total. The van der Waals surface area contributed by atoms with Gasteiger partial charge in [0.2, 0.25) is 10.0 Å². The van der Waals surface area contributed by atoms with E-state index >= 15 is 0 Å². The highest BCUT2D eigenvalue weighted by atomic mass is 32.2. The Bertz CT molecular complexity index is 1330. The maximum absolute atomic E-state index is 13.6. The molecule has 0 radical (unpaired) electrons. The molecular weight excluding hydrogens is 494 g/mol. The number of benzene rings is 1. The summed E-state index contributed by atoms with van der Waals surface area (Å²) >= 11 is 0. The summed E-state index contributed by atoms with van der Waals surface area (Å²) in [5.41, 5.74) is 3.44. The van der Waals surface area contributed by atoms with Gasteiger partial charge in [-0.3, -0.25) is 9.79 Å². The van der Waals surface area contributed by atoms with Crippen LogP contribution in [0.2, 0.25) is 0 Å². The van der Waals surface area contributed by atoms with Crippen LogP contribution < -0.4 is 10.3 Å². The second kappa shape index (κ2) is 11.5. The molecule has 0 bridgehead atoms. The highest BCUT2D eigenvalue weighted by Crippen LogP contribution is 2.35. The van der Waals surface area contributed by atoms with Crippen molar-refractivity contribution in [2.24, 2.45) is 18.0 Å². The Hall–Kier alpha value is -2.53. The topological polar surface area (TPSA) is 121 Å². The van der Waals surface area contributed by atoms with Crippen LogP contribution in [-0.2, 0) is 29.9 Å². The van der Waals surface area contributed by atoms with Gasteiger partial charge in [-0.2, -0.15) is 4.31 Å². The van der Waals surface area contributed by atoms with Crippen molar-refractivity contribution in [1.82, 2.24) is 8.87 Å². The first-order valence-corrected chi connectivity index (χ1v) is 14.5. The molecule has 202 valence electrons. The number of fused-ring (bicyclic) bond motifs is 1. The monoisotopic (exact) mass is 531 g/mol.